The standard InChI is InChI=1S/C9H14N6O/c1-14(2)9-12-8(16-13-9)7-5-15(4-3-10)6-11-7/h5-6H,3-4,10H2,1-2H3. The number of nitrogens with zero attached hydrogens (tertiary/aromatic N) is 5. The zero-order valence-electron chi connectivity index (χ0n) is 9.29. The fourth-order valence-corrected chi connectivity index (χ4v) is 1.24. The van der Waals surface area contributed by atoms with Crippen molar-refractivity contribution in [1.29, 1.82) is 0 Å². The lowest BCUT2D eigenvalue weighted by Crippen LogP contribution is -2.10. The van der Waals surface area contributed by atoms with Crippen molar-refractivity contribution in [2.24, 2.45) is 5.73 Å². The minimum absolute atomic E-state index is 0.416. The third kappa shape index (κ3) is 2.03. The molecule has 0 saturated carbocycles. The molecule has 2 rings (SSSR count). The molecule has 2 aromatic rings. The number of hydrogen-bond acceptors (Lipinski definition) is 6. The molecular formula is C9H14N6O. The first-order chi connectivity index (χ1) is 7.70. The summed E-state index contributed by atoms with van der Waals surface area (Å²) in [6, 6.07) is 0. The maximum Gasteiger partial charge on any atom is 0.279 e. The Morgan fingerprint density at radius 3 is 2.94 bits per heavy atom. The van der Waals surface area contributed by atoms with E-state index in [0.717, 1.165) is 6.54 Å². The predicted molar refractivity (Wildman–Crippen MR) is 58.9 cm³/mol. The second-order valence-corrected chi connectivity index (χ2v) is 3.58. The summed E-state index contributed by atoms with van der Waals surface area (Å²) in [5.41, 5.74) is 6.11. The first kappa shape index (κ1) is 10.6. The zero-order valence-corrected chi connectivity index (χ0v) is 9.29. The van der Waals surface area contributed by atoms with Crippen molar-refractivity contribution in [3.8, 4) is 11.6 Å². The second kappa shape index (κ2) is 4.31. The van der Waals surface area contributed by atoms with Gasteiger partial charge in [0.05, 0.1) is 6.33 Å². The molecule has 0 unspecified atom stereocenters. The highest BCUT2D eigenvalue weighted by Crippen LogP contribution is 2.16. The lowest BCUT2D eigenvalue weighted by Gasteiger charge is -2.01. The van der Waals surface area contributed by atoms with Crippen LogP contribution in [0.4, 0.5) is 5.95 Å². The molecule has 0 aromatic carbocycles. The van der Waals surface area contributed by atoms with Gasteiger partial charge in [-0.3, -0.25) is 0 Å². The lowest BCUT2D eigenvalue weighted by molar-refractivity contribution is 0.429. The molecule has 2 N–H and O–H groups in total. The van der Waals surface area contributed by atoms with Crippen molar-refractivity contribution in [3.63, 3.8) is 0 Å². The second-order valence-electron chi connectivity index (χ2n) is 3.58. The molecular weight excluding hydrogens is 208 g/mol. The van der Waals surface area contributed by atoms with Crippen LogP contribution in [0.1, 0.15) is 0 Å². The maximum atomic E-state index is 5.45. The Balaban J connectivity index is 2.21. The van der Waals surface area contributed by atoms with Crippen LogP contribution in [-0.2, 0) is 6.54 Å². The Labute approximate surface area is 92.9 Å². The van der Waals surface area contributed by atoms with E-state index in [0.29, 0.717) is 24.1 Å². The highest BCUT2D eigenvalue weighted by Gasteiger charge is 2.12. The van der Waals surface area contributed by atoms with Gasteiger partial charge in [0.1, 0.15) is 5.69 Å². The Bertz CT molecular complexity index is 460. The minimum Gasteiger partial charge on any atom is -0.344 e. The minimum atomic E-state index is 0.416. The molecule has 0 fully saturated rings. The van der Waals surface area contributed by atoms with Gasteiger partial charge in [0.25, 0.3) is 11.8 Å². The Hall–Kier alpha value is -1.89. The average molecular weight is 222 g/mol. The van der Waals surface area contributed by atoms with Crippen LogP contribution in [0.3, 0.4) is 0 Å². The van der Waals surface area contributed by atoms with E-state index in [9.17, 15) is 0 Å². The van der Waals surface area contributed by atoms with E-state index in [1.54, 1.807) is 11.2 Å². The molecule has 0 bridgehead atoms. The van der Waals surface area contributed by atoms with Crippen LogP contribution >= 0.6 is 0 Å². The normalized spacial score (nSPS) is 10.7. The average Bonchev–Trinajstić information content (AvgIpc) is 2.84. The molecule has 0 atom stereocenters. The summed E-state index contributed by atoms with van der Waals surface area (Å²) < 4.78 is 6.98. The van der Waals surface area contributed by atoms with E-state index in [2.05, 4.69) is 15.1 Å². The summed E-state index contributed by atoms with van der Waals surface area (Å²) in [5.74, 6) is 0.947. The van der Waals surface area contributed by atoms with Crippen molar-refractivity contribution in [1.82, 2.24) is 19.7 Å². The summed E-state index contributed by atoms with van der Waals surface area (Å²) in [6.07, 6.45) is 3.53. The lowest BCUT2D eigenvalue weighted by atomic mass is 10.5. The van der Waals surface area contributed by atoms with Gasteiger partial charge in [-0.15, -0.1) is 0 Å². The summed E-state index contributed by atoms with van der Waals surface area (Å²) >= 11 is 0. The monoisotopic (exact) mass is 222 g/mol. The Morgan fingerprint density at radius 1 is 1.50 bits per heavy atom. The molecule has 0 radical (unpaired) electrons. The molecule has 0 saturated heterocycles. The summed E-state index contributed by atoms with van der Waals surface area (Å²) in [5, 5.41) is 3.81. The molecule has 0 spiro atoms. The number of aromatic nitrogens is 4. The van der Waals surface area contributed by atoms with E-state index in [-0.39, 0.29) is 0 Å². The van der Waals surface area contributed by atoms with Gasteiger partial charge < -0.3 is 19.7 Å². The summed E-state index contributed by atoms with van der Waals surface area (Å²) in [6.45, 7) is 1.30. The quantitative estimate of drug-likeness (QED) is 0.781. The highest BCUT2D eigenvalue weighted by atomic mass is 16.5. The maximum absolute atomic E-state index is 5.45. The number of nitrogens with two attached hydrogens (primary N) is 1. The van der Waals surface area contributed by atoms with Crippen LogP contribution in [-0.4, -0.2) is 40.3 Å². The van der Waals surface area contributed by atoms with Crippen molar-refractivity contribution in [3.05, 3.63) is 12.5 Å². The van der Waals surface area contributed by atoms with E-state index in [4.69, 9.17) is 10.3 Å². The van der Waals surface area contributed by atoms with E-state index < -0.39 is 0 Å². The van der Waals surface area contributed by atoms with Gasteiger partial charge >= 0.3 is 0 Å². The van der Waals surface area contributed by atoms with Crippen LogP contribution in [0, 0.1) is 0 Å². The molecule has 16 heavy (non-hydrogen) atoms. The van der Waals surface area contributed by atoms with Crippen molar-refractivity contribution in [2.45, 2.75) is 6.54 Å². The highest BCUT2D eigenvalue weighted by molar-refractivity contribution is 5.47. The topological polar surface area (TPSA) is 86.0 Å². The number of anilines is 1. The molecule has 0 aliphatic rings. The largest absolute Gasteiger partial charge is 0.344 e. The van der Waals surface area contributed by atoms with Crippen LogP contribution in [0.5, 0.6) is 0 Å². The Kier molecular flexibility index (Phi) is 2.86. The van der Waals surface area contributed by atoms with Crippen molar-refractivity contribution >= 4 is 5.95 Å². The fourth-order valence-electron chi connectivity index (χ4n) is 1.24. The summed E-state index contributed by atoms with van der Waals surface area (Å²) in [7, 11) is 3.70. The van der Waals surface area contributed by atoms with E-state index in [1.807, 2.05) is 24.9 Å². The molecule has 0 amide bonds. The number of rotatable bonds is 4. The van der Waals surface area contributed by atoms with Crippen LogP contribution in [0.15, 0.2) is 17.0 Å². The molecule has 86 valence electrons. The molecule has 0 aliphatic carbocycles. The van der Waals surface area contributed by atoms with E-state index in [1.165, 1.54) is 0 Å². The third-order valence-corrected chi connectivity index (χ3v) is 2.05. The van der Waals surface area contributed by atoms with Gasteiger partial charge in [0, 0.05) is 33.4 Å². The number of hydrogen-bond donors (Lipinski definition) is 1. The predicted octanol–water partition coefficient (Wildman–Crippen LogP) is -0.0422. The van der Waals surface area contributed by atoms with Gasteiger partial charge in [-0.1, -0.05) is 0 Å². The van der Waals surface area contributed by atoms with Gasteiger partial charge in [-0.25, -0.2) is 4.98 Å². The molecule has 2 heterocycles. The van der Waals surface area contributed by atoms with Gasteiger partial charge in [0.2, 0.25) is 0 Å². The Morgan fingerprint density at radius 2 is 2.31 bits per heavy atom. The smallest absolute Gasteiger partial charge is 0.279 e. The fraction of sp³-hybridized carbons (Fsp3) is 0.444. The van der Waals surface area contributed by atoms with Gasteiger partial charge in [0.15, 0.2) is 0 Å². The first-order valence-electron chi connectivity index (χ1n) is 4.94. The molecule has 2 aromatic heterocycles. The van der Waals surface area contributed by atoms with Gasteiger partial charge in [-0.2, -0.15) is 4.98 Å². The third-order valence-electron chi connectivity index (χ3n) is 2.05. The zero-order chi connectivity index (χ0) is 11.5. The van der Waals surface area contributed by atoms with Crippen LogP contribution in [0.25, 0.3) is 11.6 Å². The van der Waals surface area contributed by atoms with Crippen molar-refractivity contribution < 1.29 is 4.52 Å². The number of imidazole rings is 1. The van der Waals surface area contributed by atoms with E-state index >= 15 is 0 Å². The molecule has 7 nitrogen and oxygen atoms in total. The van der Waals surface area contributed by atoms with Crippen LogP contribution < -0.4 is 10.6 Å². The van der Waals surface area contributed by atoms with Crippen LogP contribution in [0.2, 0.25) is 0 Å². The van der Waals surface area contributed by atoms with Gasteiger partial charge in [-0.05, 0) is 5.16 Å². The summed E-state index contributed by atoms with van der Waals surface area (Å²) in [4.78, 5) is 10.1. The molecule has 0 aliphatic heterocycles. The first-order valence-corrected chi connectivity index (χ1v) is 4.94. The molecule has 7 heteroatoms. The van der Waals surface area contributed by atoms with Crippen molar-refractivity contribution in [2.75, 3.05) is 25.5 Å². The SMILES string of the molecule is CN(C)c1noc(-c2cn(CCN)cn2)n1.